The highest BCUT2D eigenvalue weighted by molar-refractivity contribution is 5.88. The number of ether oxygens (including phenoxy) is 1. The van der Waals surface area contributed by atoms with E-state index in [1.54, 1.807) is 13.0 Å². The minimum Gasteiger partial charge on any atom is -0.480 e. The van der Waals surface area contributed by atoms with E-state index >= 15 is 0 Å². The molecule has 1 aromatic carbocycles. The van der Waals surface area contributed by atoms with Crippen LogP contribution in [-0.4, -0.2) is 32.3 Å². The molecule has 1 fully saturated rings. The molecule has 1 unspecified atom stereocenters. The summed E-state index contributed by atoms with van der Waals surface area (Å²) in [5, 5.41) is 24.7. The van der Waals surface area contributed by atoms with Crippen LogP contribution in [0.15, 0.2) is 43.7 Å². The first kappa shape index (κ1) is 21.7. The molecule has 174 valence electrons. The van der Waals surface area contributed by atoms with E-state index in [-0.39, 0.29) is 40.4 Å². The van der Waals surface area contributed by atoms with E-state index in [4.69, 9.17) is 18.1 Å². The van der Waals surface area contributed by atoms with Crippen LogP contribution in [0, 0.1) is 23.2 Å². The molecule has 3 heterocycles. The third-order valence-corrected chi connectivity index (χ3v) is 5.41. The fourth-order valence-electron chi connectivity index (χ4n) is 3.31. The average Bonchev–Trinajstić information content (AvgIpc) is 3.24. The van der Waals surface area contributed by atoms with E-state index in [0.717, 1.165) is 5.56 Å². The molecule has 2 N–H and O–H groups in total. The highest BCUT2D eigenvalue weighted by Gasteiger charge is 2.56. The van der Waals surface area contributed by atoms with Crippen molar-refractivity contribution in [1.29, 1.82) is 5.26 Å². The molecule has 1 aliphatic rings. The van der Waals surface area contributed by atoms with Crippen LogP contribution in [0.1, 0.15) is 54.7 Å². The van der Waals surface area contributed by atoms with Gasteiger partial charge in [-0.3, -0.25) is 10.1 Å². The SMILES string of the molecule is CC(OC(=O)Nc1c(C#Cc2nc3nc(C4(C(=O)O)CC4)oc3o2)noc1C#N)c1ccccc1. The molecule has 0 radical (unpaired) electrons. The van der Waals surface area contributed by atoms with Crippen molar-refractivity contribution in [2.45, 2.75) is 31.3 Å². The van der Waals surface area contributed by atoms with Gasteiger partial charge in [-0.05, 0) is 31.2 Å². The normalized spacial score (nSPS) is 14.4. The second-order valence-electron chi connectivity index (χ2n) is 7.72. The van der Waals surface area contributed by atoms with E-state index in [1.807, 2.05) is 30.3 Å². The third-order valence-electron chi connectivity index (χ3n) is 5.41. The molecule has 1 saturated carbocycles. The van der Waals surface area contributed by atoms with Crippen molar-refractivity contribution in [3.8, 4) is 17.9 Å². The Bertz CT molecular complexity index is 1510. The van der Waals surface area contributed by atoms with Gasteiger partial charge in [0.15, 0.2) is 5.69 Å². The number of hydrogen-bond donors (Lipinski definition) is 2. The first-order chi connectivity index (χ1) is 16.9. The molecule has 4 aromatic rings. The molecule has 35 heavy (non-hydrogen) atoms. The summed E-state index contributed by atoms with van der Waals surface area (Å²) in [7, 11) is 0. The van der Waals surface area contributed by atoms with Crippen LogP contribution in [0.3, 0.4) is 0 Å². The van der Waals surface area contributed by atoms with Gasteiger partial charge in [0.05, 0.1) is 0 Å². The molecule has 5 rings (SSSR count). The van der Waals surface area contributed by atoms with Gasteiger partial charge in [0.1, 0.15) is 23.3 Å². The average molecular weight is 473 g/mol. The molecule has 0 bridgehead atoms. The van der Waals surface area contributed by atoms with Crippen LogP contribution in [-0.2, 0) is 14.9 Å². The Morgan fingerprint density at radius 3 is 2.63 bits per heavy atom. The summed E-state index contributed by atoms with van der Waals surface area (Å²) in [5.74, 6) is 3.78. The summed E-state index contributed by atoms with van der Waals surface area (Å²) in [6, 6.07) is 10.9. The lowest BCUT2D eigenvalue weighted by molar-refractivity contribution is -0.140. The number of oxazole rings is 2. The molecule has 12 heteroatoms. The highest BCUT2D eigenvalue weighted by atomic mass is 16.6. The maximum Gasteiger partial charge on any atom is 0.412 e. The van der Waals surface area contributed by atoms with Crippen LogP contribution in [0.5, 0.6) is 0 Å². The highest BCUT2D eigenvalue weighted by Crippen LogP contribution is 2.48. The van der Waals surface area contributed by atoms with Gasteiger partial charge in [-0.2, -0.15) is 15.2 Å². The molecule has 3 aromatic heterocycles. The van der Waals surface area contributed by atoms with Crippen LogP contribution >= 0.6 is 0 Å². The zero-order valence-electron chi connectivity index (χ0n) is 18.1. The van der Waals surface area contributed by atoms with Crippen molar-refractivity contribution < 1.29 is 32.8 Å². The van der Waals surface area contributed by atoms with Crippen molar-refractivity contribution in [2.75, 3.05) is 5.32 Å². The van der Waals surface area contributed by atoms with Gasteiger partial charge in [-0.1, -0.05) is 35.5 Å². The summed E-state index contributed by atoms with van der Waals surface area (Å²) in [6.45, 7) is 1.70. The Kier molecular flexibility index (Phi) is 5.19. The Balaban J connectivity index is 1.33. The lowest BCUT2D eigenvalue weighted by atomic mass is 10.1. The van der Waals surface area contributed by atoms with Crippen molar-refractivity contribution >= 4 is 29.2 Å². The number of carboxylic acids is 1. The Labute approximate surface area is 196 Å². The van der Waals surface area contributed by atoms with E-state index in [9.17, 15) is 20.0 Å². The minimum absolute atomic E-state index is 0.0376. The zero-order valence-corrected chi connectivity index (χ0v) is 18.1. The quantitative estimate of drug-likeness (QED) is 0.405. The number of anilines is 1. The number of carbonyl (C=O) groups excluding carboxylic acids is 1. The van der Waals surface area contributed by atoms with Gasteiger partial charge in [0.25, 0.3) is 11.7 Å². The minimum atomic E-state index is -1.13. The van der Waals surface area contributed by atoms with Crippen LogP contribution in [0.4, 0.5) is 10.5 Å². The number of nitrogens with zero attached hydrogens (tertiary/aromatic N) is 4. The smallest absolute Gasteiger partial charge is 0.412 e. The lowest BCUT2D eigenvalue weighted by Gasteiger charge is -2.13. The molecule has 0 aliphatic heterocycles. The standard InChI is InChI=1S/C23H15N5O7/c1-12(13-5-3-2-4-6-13)32-22(31)26-17-14(28-35-15(17)11-24)7-8-16-25-18-19(33-16)34-20(27-18)23(9-10-23)21(29)30/h2-6,12H,9-10H2,1H3,(H,26,31)(H,29,30). The second-order valence-corrected chi connectivity index (χ2v) is 7.72. The number of hydrogen-bond acceptors (Lipinski definition) is 10. The largest absolute Gasteiger partial charge is 0.480 e. The van der Waals surface area contributed by atoms with Crippen molar-refractivity contribution in [3.05, 3.63) is 59.1 Å². The van der Waals surface area contributed by atoms with Gasteiger partial charge >= 0.3 is 17.8 Å². The van der Waals surface area contributed by atoms with Crippen LogP contribution in [0.25, 0.3) is 11.4 Å². The van der Waals surface area contributed by atoms with Crippen molar-refractivity contribution in [3.63, 3.8) is 0 Å². The van der Waals surface area contributed by atoms with E-state index in [0.29, 0.717) is 12.8 Å². The summed E-state index contributed by atoms with van der Waals surface area (Å²) in [5.41, 5.74) is -0.396. The van der Waals surface area contributed by atoms with E-state index < -0.39 is 23.6 Å². The number of nitrogens with one attached hydrogen (secondary N) is 1. The van der Waals surface area contributed by atoms with Gasteiger partial charge in [-0.15, -0.1) is 0 Å². The first-order valence-corrected chi connectivity index (χ1v) is 10.4. The van der Waals surface area contributed by atoms with Gasteiger partial charge < -0.3 is 23.2 Å². The molecule has 1 atom stereocenters. The Hall–Kier alpha value is -5.10. The van der Waals surface area contributed by atoms with Crippen LogP contribution < -0.4 is 5.32 Å². The number of benzene rings is 1. The number of fused-ring (bicyclic) bond motifs is 1. The number of nitriles is 1. The lowest BCUT2D eigenvalue weighted by Crippen LogP contribution is -2.19. The van der Waals surface area contributed by atoms with Gasteiger partial charge in [0, 0.05) is 5.92 Å². The number of carboxylic acid groups (broad SMARTS) is 1. The third kappa shape index (κ3) is 4.05. The molecule has 1 amide bonds. The second kappa shape index (κ2) is 8.35. The fourth-order valence-corrected chi connectivity index (χ4v) is 3.31. The predicted octanol–water partition coefficient (Wildman–Crippen LogP) is 3.50. The molecule has 1 aliphatic carbocycles. The first-order valence-electron chi connectivity index (χ1n) is 10.4. The zero-order chi connectivity index (χ0) is 24.6. The summed E-state index contributed by atoms with van der Waals surface area (Å²) in [4.78, 5) is 32.0. The van der Waals surface area contributed by atoms with Gasteiger partial charge in [0.2, 0.25) is 11.5 Å². The molecular formula is C23H15N5O7. The number of aliphatic carboxylic acids is 1. The van der Waals surface area contributed by atoms with Crippen molar-refractivity contribution in [1.82, 2.24) is 15.1 Å². The maximum absolute atomic E-state index is 12.4. The number of aromatic nitrogens is 3. The Morgan fingerprint density at radius 2 is 1.97 bits per heavy atom. The van der Waals surface area contributed by atoms with E-state index in [1.165, 1.54) is 0 Å². The van der Waals surface area contributed by atoms with Crippen molar-refractivity contribution in [2.24, 2.45) is 0 Å². The molecule has 0 spiro atoms. The topological polar surface area (TPSA) is 178 Å². The Morgan fingerprint density at radius 1 is 1.20 bits per heavy atom. The monoisotopic (exact) mass is 473 g/mol. The van der Waals surface area contributed by atoms with E-state index in [2.05, 4.69) is 32.3 Å². The van der Waals surface area contributed by atoms with Crippen LogP contribution in [0.2, 0.25) is 0 Å². The summed E-state index contributed by atoms with van der Waals surface area (Å²) in [6.07, 6.45) is -0.532. The molecular weight excluding hydrogens is 458 g/mol. The maximum atomic E-state index is 12.4. The number of carbonyl (C=O) groups is 2. The predicted molar refractivity (Wildman–Crippen MR) is 115 cm³/mol. The number of amides is 1. The fraction of sp³-hybridized carbons (Fsp3) is 0.217. The number of rotatable bonds is 5. The molecule has 12 nitrogen and oxygen atoms in total. The van der Waals surface area contributed by atoms with Gasteiger partial charge in [-0.25, -0.2) is 4.79 Å². The summed E-state index contributed by atoms with van der Waals surface area (Å²) >= 11 is 0. The summed E-state index contributed by atoms with van der Waals surface area (Å²) < 4.78 is 21.1. The molecule has 0 saturated heterocycles.